The summed E-state index contributed by atoms with van der Waals surface area (Å²) in [7, 11) is 0. The van der Waals surface area contributed by atoms with Gasteiger partial charge in [0.05, 0.1) is 29.6 Å². The van der Waals surface area contributed by atoms with E-state index in [9.17, 15) is 14.4 Å². The first kappa shape index (κ1) is 24.5. The molecule has 2 aromatic rings. The summed E-state index contributed by atoms with van der Waals surface area (Å²) in [5.74, 6) is -0.607. The molecule has 0 spiro atoms. The second-order valence-corrected chi connectivity index (χ2v) is 8.67. The predicted octanol–water partition coefficient (Wildman–Crippen LogP) is 1.87. The quantitative estimate of drug-likeness (QED) is 0.521. The number of para-hydroxylation sites is 1. The minimum Gasteiger partial charge on any atom is -0.463 e. The van der Waals surface area contributed by atoms with E-state index in [2.05, 4.69) is 16.0 Å². The number of urea groups is 1. The van der Waals surface area contributed by atoms with E-state index in [1.807, 2.05) is 60.7 Å². The van der Waals surface area contributed by atoms with E-state index in [1.54, 1.807) is 6.92 Å². The van der Waals surface area contributed by atoms with Crippen LogP contribution in [0.1, 0.15) is 43.3 Å². The lowest BCUT2D eigenvalue weighted by atomic mass is 9.97. The Bertz CT molecular complexity index is 1160. The highest BCUT2D eigenvalue weighted by Crippen LogP contribution is 2.31. The normalized spacial score (nSPS) is 20.8. The van der Waals surface area contributed by atoms with Crippen molar-refractivity contribution in [1.82, 2.24) is 30.6 Å². The maximum absolute atomic E-state index is 13.2. The zero-order valence-corrected chi connectivity index (χ0v) is 20.6. The Morgan fingerprint density at radius 1 is 1.17 bits per heavy atom. The standard InChI is InChI=1S/C25H32N6O4/c1-5-18-21(24(33)35-6-2)19(28-25(34)27-18)14-30-13-12-26-23(32)22(30)20-15(3)29-31(16(20)4)17-10-8-7-9-11-17/h7-11,18,22H,5-6,12-14H2,1-4H3,(H,26,32)(H2,27,28,34). The highest BCUT2D eigenvalue weighted by Gasteiger charge is 2.38. The van der Waals surface area contributed by atoms with Crippen LogP contribution in [0, 0.1) is 13.8 Å². The lowest BCUT2D eigenvalue weighted by molar-refractivity contribution is -0.139. The van der Waals surface area contributed by atoms with Gasteiger partial charge in [-0.2, -0.15) is 5.10 Å². The zero-order chi connectivity index (χ0) is 25.1. The average Bonchev–Trinajstić information content (AvgIpc) is 3.13. The molecule has 2 aliphatic rings. The molecule has 0 saturated carbocycles. The minimum atomic E-state index is -0.621. The molecule has 0 radical (unpaired) electrons. The van der Waals surface area contributed by atoms with E-state index in [0.717, 1.165) is 22.6 Å². The van der Waals surface area contributed by atoms with Crippen molar-refractivity contribution in [1.29, 1.82) is 0 Å². The summed E-state index contributed by atoms with van der Waals surface area (Å²) in [5.41, 5.74) is 4.19. The van der Waals surface area contributed by atoms with Crippen LogP contribution in [0.3, 0.4) is 0 Å². The van der Waals surface area contributed by atoms with Crippen LogP contribution in [0.15, 0.2) is 41.6 Å². The van der Waals surface area contributed by atoms with Gasteiger partial charge in [0.1, 0.15) is 6.04 Å². The topological polar surface area (TPSA) is 118 Å². The van der Waals surface area contributed by atoms with Gasteiger partial charge in [0.25, 0.3) is 0 Å². The number of esters is 1. The third-order valence-electron chi connectivity index (χ3n) is 6.44. The number of amides is 3. The number of carbonyl (C=O) groups is 3. The summed E-state index contributed by atoms with van der Waals surface area (Å²) in [4.78, 5) is 40.4. The molecule has 3 amide bonds. The number of aryl methyl sites for hydroxylation is 1. The summed E-state index contributed by atoms with van der Waals surface area (Å²) in [5, 5.41) is 13.3. The molecule has 10 heteroatoms. The molecule has 35 heavy (non-hydrogen) atoms. The molecule has 1 fully saturated rings. The molecule has 2 aliphatic heterocycles. The van der Waals surface area contributed by atoms with Gasteiger partial charge in [0, 0.05) is 36.6 Å². The molecular weight excluding hydrogens is 448 g/mol. The van der Waals surface area contributed by atoms with Crippen molar-refractivity contribution in [2.24, 2.45) is 0 Å². The maximum Gasteiger partial charge on any atom is 0.337 e. The number of nitrogens with one attached hydrogen (secondary N) is 3. The number of nitrogens with zero attached hydrogens (tertiary/aromatic N) is 3. The van der Waals surface area contributed by atoms with E-state index < -0.39 is 18.1 Å². The van der Waals surface area contributed by atoms with Crippen molar-refractivity contribution in [3.05, 3.63) is 58.6 Å². The van der Waals surface area contributed by atoms with Crippen molar-refractivity contribution in [3.8, 4) is 5.69 Å². The van der Waals surface area contributed by atoms with E-state index >= 15 is 0 Å². The van der Waals surface area contributed by atoms with Crippen LogP contribution in [0.4, 0.5) is 4.79 Å². The number of carbonyl (C=O) groups excluding carboxylic acids is 3. The molecule has 1 saturated heterocycles. The second-order valence-electron chi connectivity index (χ2n) is 8.67. The number of benzene rings is 1. The van der Waals surface area contributed by atoms with Gasteiger partial charge in [-0.1, -0.05) is 25.1 Å². The van der Waals surface area contributed by atoms with E-state index in [-0.39, 0.29) is 25.1 Å². The highest BCUT2D eigenvalue weighted by atomic mass is 16.5. The Morgan fingerprint density at radius 2 is 1.91 bits per heavy atom. The lowest BCUT2D eigenvalue weighted by Crippen LogP contribution is -2.55. The fourth-order valence-corrected chi connectivity index (χ4v) is 4.86. The van der Waals surface area contributed by atoms with Gasteiger partial charge in [-0.25, -0.2) is 14.3 Å². The van der Waals surface area contributed by atoms with Crippen molar-refractivity contribution in [2.75, 3.05) is 26.2 Å². The molecule has 0 aliphatic carbocycles. The van der Waals surface area contributed by atoms with Crippen molar-refractivity contribution >= 4 is 17.9 Å². The molecule has 0 bridgehead atoms. The monoisotopic (exact) mass is 480 g/mol. The summed E-state index contributed by atoms with van der Waals surface area (Å²) in [6.45, 7) is 8.94. The molecule has 2 atom stereocenters. The van der Waals surface area contributed by atoms with Crippen LogP contribution in [0.25, 0.3) is 5.69 Å². The Labute approximate surface area is 204 Å². The largest absolute Gasteiger partial charge is 0.463 e. The van der Waals surface area contributed by atoms with Crippen LogP contribution in [0.5, 0.6) is 0 Å². The molecule has 3 N–H and O–H groups in total. The molecule has 4 rings (SSSR count). The smallest absolute Gasteiger partial charge is 0.337 e. The summed E-state index contributed by atoms with van der Waals surface area (Å²) in [6, 6.07) is 8.31. The SMILES string of the molecule is CCOC(=O)C1=C(CN2CCNC(=O)C2c2c(C)nn(-c3ccccc3)c2C)NC(=O)NC1CC. The second kappa shape index (κ2) is 10.3. The van der Waals surface area contributed by atoms with Crippen LogP contribution in [-0.4, -0.2) is 64.9 Å². The number of hydrogen-bond acceptors (Lipinski definition) is 6. The first-order chi connectivity index (χ1) is 16.8. The predicted molar refractivity (Wildman–Crippen MR) is 130 cm³/mol. The van der Waals surface area contributed by atoms with Crippen molar-refractivity contribution < 1.29 is 19.1 Å². The molecule has 10 nitrogen and oxygen atoms in total. The van der Waals surface area contributed by atoms with E-state index in [0.29, 0.717) is 30.8 Å². The molecular formula is C25H32N6O4. The van der Waals surface area contributed by atoms with Gasteiger partial charge < -0.3 is 20.7 Å². The first-order valence-electron chi connectivity index (χ1n) is 12.0. The molecule has 186 valence electrons. The fourth-order valence-electron chi connectivity index (χ4n) is 4.86. The highest BCUT2D eigenvalue weighted by molar-refractivity contribution is 5.95. The molecule has 1 aromatic carbocycles. The lowest BCUT2D eigenvalue weighted by Gasteiger charge is -2.37. The van der Waals surface area contributed by atoms with Gasteiger partial charge in [0.2, 0.25) is 5.91 Å². The number of aromatic nitrogens is 2. The van der Waals surface area contributed by atoms with E-state index in [1.165, 1.54) is 0 Å². The minimum absolute atomic E-state index is 0.138. The summed E-state index contributed by atoms with van der Waals surface area (Å²) in [6.07, 6.45) is 0.539. The third-order valence-corrected chi connectivity index (χ3v) is 6.44. The summed E-state index contributed by atoms with van der Waals surface area (Å²) >= 11 is 0. The Kier molecular flexibility index (Phi) is 7.20. The van der Waals surface area contributed by atoms with E-state index in [4.69, 9.17) is 9.84 Å². The number of ether oxygens (including phenoxy) is 1. The van der Waals surface area contributed by atoms with Crippen LogP contribution < -0.4 is 16.0 Å². The summed E-state index contributed by atoms with van der Waals surface area (Å²) < 4.78 is 7.13. The molecule has 3 heterocycles. The maximum atomic E-state index is 13.2. The van der Waals surface area contributed by atoms with Gasteiger partial charge in [-0.3, -0.25) is 9.69 Å². The van der Waals surface area contributed by atoms with Crippen LogP contribution in [0.2, 0.25) is 0 Å². The van der Waals surface area contributed by atoms with Gasteiger partial charge in [-0.15, -0.1) is 0 Å². The van der Waals surface area contributed by atoms with Crippen LogP contribution in [-0.2, 0) is 14.3 Å². The third kappa shape index (κ3) is 4.79. The Balaban J connectivity index is 1.74. The number of rotatable bonds is 7. The van der Waals surface area contributed by atoms with Gasteiger partial charge in [0.15, 0.2) is 0 Å². The first-order valence-corrected chi connectivity index (χ1v) is 12.0. The molecule has 2 unspecified atom stereocenters. The van der Waals surface area contributed by atoms with Crippen molar-refractivity contribution in [3.63, 3.8) is 0 Å². The Morgan fingerprint density at radius 3 is 2.60 bits per heavy atom. The number of hydrogen-bond donors (Lipinski definition) is 3. The zero-order valence-electron chi connectivity index (χ0n) is 20.6. The fraction of sp³-hybridized carbons (Fsp3) is 0.440. The number of piperazine rings is 1. The van der Waals surface area contributed by atoms with Gasteiger partial charge >= 0.3 is 12.0 Å². The van der Waals surface area contributed by atoms with Gasteiger partial charge in [-0.05, 0) is 39.3 Å². The average molecular weight is 481 g/mol. The Hall–Kier alpha value is -3.66. The van der Waals surface area contributed by atoms with Crippen LogP contribution >= 0.6 is 0 Å². The van der Waals surface area contributed by atoms with Crippen molar-refractivity contribution in [2.45, 2.75) is 46.2 Å². The molecule has 1 aromatic heterocycles.